The average Bonchev–Trinajstić information content (AvgIpc) is 2.32. The van der Waals surface area contributed by atoms with Crippen molar-refractivity contribution in [2.24, 2.45) is 0 Å². The summed E-state index contributed by atoms with van der Waals surface area (Å²) < 4.78 is 1.02. The van der Waals surface area contributed by atoms with Gasteiger partial charge in [-0.25, -0.2) is 0 Å². The smallest absolute Gasteiger partial charge is 0.0629 e. The Balaban J connectivity index is 2.12. The molecule has 2 N–H and O–H groups in total. The molecule has 0 aliphatic heterocycles. The van der Waals surface area contributed by atoms with E-state index in [1.165, 1.54) is 0 Å². The minimum atomic E-state index is 0.688. The Hall–Kier alpha value is -0.710. The van der Waals surface area contributed by atoms with Gasteiger partial charge in [0.15, 0.2) is 0 Å². The topological polar surface area (TPSA) is 38.9 Å². The molecule has 0 aliphatic rings. The van der Waals surface area contributed by atoms with Crippen molar-refractivity contribution in [1.29, 1.82) is 0 Å². The van der Waals surface area contributed by atoms with Crippen LogP contribution in [0.4, 0.5) is 5.69 Å². The Kier molecular flexibility index (Phi) is 4.31. The number of hydrogen-bond acceptors (Lipinski definition) is 3. The first-order chi connectivity index (χ1) is 8.16. The number of halogens is 2. The molecule has 0 radical (unpaired) electrons. The monoisotopic (exact) mass is 328 g/mol. The van der Waals surface area contributed by atoms with E-state index in [-0.39, 0.29) is 0 Å². The van der Waals surface area contributed by atoms with Gasteiger partial charge in [0.05, 0.1) is 5.02 Å². The van der Waals surface area contributed by atoms with E-state index in [2.05, 4.69) is 20.9 Å². The van der Waals surface area contributed by atoms with Crippen LogP contribution in [0.15, 0.2) is 46.0 Å². The lowest BCUT2D eigenvalue weighted by atomic mass is 10.3. The van der Waals surface area contributed by atoms with Crippen LogP contribution in [0.1, 0.15) is 5.56 Å². The van der Waals surface area contributed by atoms with Crippen molar-refractivity contribution in [2.45, 2.75) is 10.6 Å². The van der Waals surface area contributed by atoms with Gasteiger partial charge >= 0.3 is 0 Å². The molecular formula is C12H10BrClN2S. The molecule has 0 fully saturated rings. The Morgan fingerprint density at radius 2 is 2.18 bits per heavy atom. The summed E-state index contributed by atoms with van der Waals surface area (Å²) >= 11 is 11.1. The Bertz CT molecular complexity index is 534. The standard InChI is InChI=1S/C12H10BrClN2S/c13-9-1-2-11(15)12(5-9)17-7-8-3-4-16-6-10(8)14/h1-6H,7,15H2. The first kappa shape index (κ1) is 12.7. The Morgan fingerprint density at radius 3 is 2.94 bits per heavy atom. The minimum absolute atomic E-state index is 0.688. The number of nitrogens with zero attached hydrogens (tertiary/aromatic N) is 1. The second-order valence-corrected chi connectivity index (χ2v) is 5.78. The van der Waals surface area contributed by atoms with Gasteiger partial charge in [0.1, 0.15) is 0 Å². The molecule has 88 valence electrons. The fraction of sp³-hybridized carbons (Fsp3) is 0.0833. The highest BCUT2D eigenvalue weighted by Gasteiger charge is 2.04. The third-order valence-electron chi connectivity index (χ3n) is 2.22. The fourth-order valence-electron chi connectivity index (χ4n) is 1.31. The quantitative estimate of drug-likeness (QED) is 0.671. The largest absolute Gasteiger partial charge is 0.398 e. The van der Waals surface area contributed by atoms with Gasteiger partial charge in [-0.15, -0.1) is 11.8 Å². The first-order valence-electron chi connectivity index (χ1n) is 4.93. The van der Waals surface area contributed by atoms with E-state index in [0.29, 0.717) is 5.02 Å². The normalized spacial score (nSPS) is 10.5. The molecule has 1 aromatic heterocycles. The van der Waals surface area contributed by atoms with Crippen molar-refractivity contribution in [2.75, 3.05) is 5.73 Å². The van der Waals surface area contributed by atoms with Gasteiger partial charge in [-0.2, -0.15) is 0 Å². The summed E-state index contributed by atoms with van der Waals surface area (Å²) in [5, 5.41) is 0.688. The van der Waals surface area contributed by atoms with Gasteiger partial charge in [-0.1, -0.05) is 27.5 Å². The summed E-state index contributed by atoms with van der Waals surface area (Å²) in [6.07, 6.45) is 3.40. The second kappa shape index (κ2) is 5.76. The van der Waals surface area contributed by atoms with E-state index >= 15 is 0 Å². The van der Waals surface area contributed by atoms with E-state index in [9.17, 15) is 0 Å². The molecule has 0 unspecified atom stereocenters. The predicted molar refractivity (Wildman–Crippen MR) is 77.4 cm³/mol. The number of pyridine rings is 1. The number of thioether (sulfide) groups is 1. The summed E-state index contributed by atoms with van der Waals surface area (Å²) in [5.74, 6) is 0.780. The predicted octanol–water partition coefficient (Wildman–Crippen LogP) is 4.37. The maximum absolute atomic E-state index is 6.05. The molecule has 17 heavy (non-hydrogen) atoms. The summed E-state index contributed by atoms with van der Waals surface area (Å²) in [5.41, 5.74) is 7.75. The van der Waals surface area contributed by atoms with Crippen molar-refractivity contribution in [3.05, 3.63) is 51.7 Å². The molecule has 0 saturated carbocycles. The van der Waals surface area contributed by atoms with Crippen LogP contribution < -0.4 is 5.73 Å². The zero-order valence-corrected chi connectivity index (χ0v) is 12.0. The van der Waals surface area contributed by atoms with Gasteiger partial charge in [-0.05, 0) is 29.8 Å². The minimum Gasteiger partial charge on any atom is -0.398 e. The molecule has 0 spiro atoms. The molecule has 0 atom stereocenters. The van der Waals surface area contributed by atoms with Gasteiger partial charge in [0, 0.05) is 33.2 Å². The summed E-state index contributed by atoms with van der Waals surface area (Å²) in [6, 6.07) is 7.75. The number of aromatic nitrogens is 1. The lowest BCUT2D eigenvalue weighted by Gasteiger charge is -2.07. The summed E-state index contributed by atoms with van der Waals surface area (Å²) in [6.45, 7) is 0. The second-order valence-electron chi connectivity index (χ2n) is 3.44. The molecule has 0 amide bonds. The van der Waals surface area contributed by atoms with Crippen LogP contribution in [0.3, 0.4) is 0 Å². The summed E-state index contributed by atoms with van der Waals surface area (Å²) in [7, 11) is 0. The number of hydrogen-bond donors (Lipinski definition) is 1. The van der Waals surface area contributed by atoms with Gasteiger partial charge in [0.25, 0.3) is 0 Å². The van der Waals surface area contributed by atoms with Crippen LogP contribution in [-0.2, 0) is 5.75 Å². The molecule has 0 bridgehead atoms. The summed E-state index contributed by atoms with van der Waals surface area (Å²) in [4.78, 5) is 5.01. The average molecular weight is 330 g/mol. The number of anilines is 1. The zero-order chi connectivity index (χ0) is 12.3. The highest BCUT2D eigenvalue weighted by Crippen LogP contribution is 2.32. The molecule has 0 aliphatic carbocycles. The molecule has 1 aromatic carbocycles. The molecule has 2 nitrogen and oxygen atoms in total. The van der Waals surface area contributed by atoms with Gasteiger partial charge in [-0.3, -0.25) is 4.98 Å². The van der Waals surface area contributed by atoms with E-state index < -0.39 is 0 Å². The van der Waals surface area contributed by atoms with E-state index in [0.717, 1.165) is 26.4 Å². The van der Waals surface area contributed by atoms with Crippen LogP contribution in [0.5, 0.6) is 0 Å². The molecule has 2 rings (SSSR count). The number of nitrogens with two attached hydrogens (primary N) is 1. The van der Waals surface area contributed by atoms with Crippen LogP contribution in [0.25, 0.3) is 0 Å². The number of nitrogen functional groups attached to an aromatic ring is 1. The van der Waals surface area contributed by atoms with E-state index in [1.807, 2.05) is 24.3 Å². The lowest BCUT2D eigenvalue weighted by molar-refractivity contribution is 1.27. The molecule has 0 saturated heterocycles. The maximum Gasteiger partial charge on any atom is 0.0629 e. The van der Waals surface area contributed by atoms with E-state index in [1.54, 1.807) is 24.2 Å². The van der Waals surface area contributed by atoms with Crippen LogP contribution in [-0.4, -0.2) is 4.98 Å². The SMILES string of the molecule is Nc1ccc(Br)cc1SCc1ccncc1Cl. The van der Waals surface area contributed by atoms with Crippen molar-refractivity contribution >= 4 is 45.0 Å². The van der Waals surface area contributed by atoms with Crippen molar-refractivity contribution in [3.63, 3.8) is 0 Å². The van der Waals surface area contributed by atoms with Crippen molar-refractivity contribution in [3.8, 4) is 0 Å². The van der Waals surface area contributed by atoms with Crippen LogP contribution in [0, 0.1) is 0 Å². The zero-order valence-electron chi connectivity index (χ0n) is 8.86. The number of rotatable bonds is 3. The molecule has 1 heterocycles. The highest BCUT2D eigenvalue weighted by molar-refractivity contribution is 9.10. The first-order valence-corrected chi connectivity index (χ1v) is 7.08. The van der Waals surface area contributed by atoms with Crippen molar-refractivity contribution < 1.29 is 0 Å². The third kappa shape index (κ3) is 3.37. The molecule has 2 aromatic rings. The molecule has 5 heteroatoms. The molecular weight excluding hydrogens is 320 g/mol. The van der Waals surface area contributed by atoms with E-state index in [4.69, 9.17) is 17.3 Å². The highest BCUT2D eigenvalue weighted by atomic mass is 79.9. The van der Waals surface area contributed by atoms with Gasteiger partial charge < -0.3 is 5.73 Å². The lowest BCUT2D eigenvalue weighted by Crippen LogP contribution is -1.89. The van der Waals surface area contributed by atoms with Crippen molar-refractivity contribution in [1.82, 2.24) is 4.98 Å². The third-order valence-corrected chi connectivity index (χ3v) is 4.17. The maximum atomic E-state index is 6.05. The van der Waals surface area contributed by atoms with Gasteiger partial charge in [0.2, 0.25) is 0 Å². The fourth-order valence-corrected chi connectivity index (χ4v) is 3.10. The Labute approximate surface area is 118 Å². The van der Waals surface area contributed by atoms with Crippen LogP contribution in [0.2, 0.25) is 5.02 Å². The Morgan fingerprint density at radius 1 is 1.35 bits per heavy atom. The van der Waals surface area contributed by atoms with Crippen LogP contribution >= 0.6 is 39.3 Å². The number of benzene rings is 1.